The molecule has 0 radical (unpaired) electrons. The second-order valence-electron chi connectivity index (χ2n) is 5.38. The molecule has 3 rings (SSSR count). The van der Waals surface area contributed by atoms with E-state index in [4.69, 9.17) is 0 Å². The summed E-state index contributed by atoms with van der Waals surface area (Å²) in [6.07, 6.45) is 1.80. The molecule has 0 N–H and O–H groups in total. The van der Waals surface area contributed by atoms with Gasteiger partial charge in [0.1, 0.15) is 5.69 Å². The average molecular weight is 342 g/mol. The van der Waals surface area contributed by atoms with Crippen molar-refractivity contribution in [1.82, 2.24) is 14.6 Å². The third kappa shape index (κ3) is 2.94. The molecule has 0 bridgehead atoms. The van der Waals surface area contributed by atoms with Crippen LogP contribution in [0.25, 0.3) is 11.0 Å². The standard InChI is InChI=1S/C17H18N4O2S/c1-4-20(5-2)13-8-6-12(7-9-13)10-14-16(23)21-17(24-14)18-15(22)11(3)19-21/h6-10H,4-5H2,1-3H3/b14-10+. The first-order chi connectivity index (χ1) is 11.5. The van der Waals surface area contributed by atoms with Crippen molar-refractivity contribution in [2.75, 3.05) is 18.0 Å². The van der Waals surface area contributed by atoms with Gasteiger partial charge in [-0.25, -0.2) is 0 Å². The van der Waals surface area contributed by atoms with E-state index in [1.807, 2.05) is 24.3 Å². The molecule has 2 aromatic heterocycles. The average Bonchev–Trinajstić information content (AvgIpc) is 2.86. The van der Waals surface area contributed by atoms with Crippen LogP contribution in [0.4, 0.5) is 5.69 Å². The number of benzene rings is 1. The summed E-state index contributed by atoms with van der Waals surface area (Å²) in [5.74, 6) is 0. The fraction of sp³-hybridized carbons (Fsp3) is 0.294. The number of fused-ring (bicyclic) bond motifs is 1. The molecule has 7 heteroatoms. The summed E-state index contributed by atoms with van der Waals surface area (Å²) < 4.78 is 1.70. The van der Waals surface area contributed by atoms with Crippen molar-refractivity contribution < 1.29 is 0 Å². The van der Waals surface area contributed by atoms with Crippen molar-refractivity contribution in [3.8, 4) is 0 Å². The molecule has 0 fully saturated rings. The van der Waals surface area contributed by atoms with Gasteiger partial charge in [0, 0.05) is 18.8 Å². The van der Waals surface area contributed by atoms with Gasteiger partial charge in [0.25, 0.3) is 11.1 Å². The topological polar surface area (TPSA) is 67.6 Å². The van der Waals surface area contributed by atoms with Gasteiger partial charge < -0.3 is 4.90 Å². The number of aromatic nitrogens is 3. The van der Waals surface area contributed by atoms with Gasteiger partial charge in [0.2, 0.25) is 4.96 Å². The van der Waals surface area contributed by atoms with E-state index >= 15 is 0 Å². The number of hydrogen-bond acceptors (Lipinski definition) is 6. The Bertz CT molecular complexity index is 1030. The molecule has 0 aliphatic heterocycles. The predicted octanol–water partition coefficient (Wildman–Crippen LogP) is 1.21. The molecule has 0 unspecified atom stereocenters. The van der Waals surface area contributed by atoms with E-state index in [9.17, 15) is 9.59 Å². The van der Waals surface area contributed by atoms with E-state index in [2.05, 4.69) is 28.8 Å². The van der Waals surface area contributed by atoms with Crippen molar-refractivity contribution >= 4 is 28.1 Å². The molecular formula is C17H18N4O2S. The molecule has 0 saturated heterocycles. The molecule has 0 saturated carbocycles. The van der Waals surface area contributed by atoms with Gasteiger partial charge in [0.15, 0.2) is 0 Å². The summed E-state index contributed by atoms with van der Waals surface area (Å²) in [6, 6.07) is 8.04. The number of rotatable bonds is 4. The van der Waals surface area contributed by atoms with Crippen LogP contribution in [0, 0.1) is 6.92 Å². The summed E-state index contributed by atoms with van der Waals surface area (Å²) in [4.78, 5) is 30.4. The van der Waals surface area contributed by atoms with Gasteiger partial charge in [-0.15, -0.1) is 0 Å². The molecular weight excluding hydrogens is 324 g/mol. The Balaban J connectivity index is 2.06. The lowest BCUT2D eigenvalue weighted by Gasteiger charge is -2.20. The minimum Gasteiger partial charge on any atom is -0.372 e. The number of aryl methyl sites for hydroxylation is 1. The number of nitrogens with zero attached hydrogens (tertiary/aromatic N) is 4. The summed E-state index contributed by atoms with van der Waals surface area (Å²) >= 11 is 1.17. The SMILES string of the molecule is CCN(CC)c1ccc(/C=c2/sc3nc(=O)c(C)nn3c2=O)cc1. The van der Waals surface area contributed by atoms with Crippen LogP contribution in [0.3, 0.4) is 0 Å². The lowest BCUT2D eigenvalue weighted by molar-refractivity contribution is 0.833. The zero-order valence-electron chi connectivity index (χ0n) is 13.8. The van der Waals surface area contributed by atoms with E-state index in [0.29, 0.717) is 9.49 Å². The first kappa shape index (κ1) is 16.3. The highest BCUT2D eigenvalue weighted by molar-refractivity contribution is 7.15. The van der Waals surface area contributed by atoms with Crippen LogP contribution in [-0.4, -0.2) is 27.7 Å². The highest BCUT2D eigenvalue weighted by atomic mass is 32.1. The van der Waals surface area contributed by atoms with Crippen LogP contribution in [0.2, 0.25) is 0 Å². The van der Waals surface area contributed by atoms with Crippen LogP contribution in [0.5, 0.6) is 0 Å². The molecule has 1 aromatic carbocycles. The number of hydrogen-bond donors (Lipinski definition) is 0. The van der Waals surface area contributed by atoms with Crippen LogP contribution in [0.15, 0.2) is 33.9 Å². The van der Waals surface area contributed by atoms with Crippen molar-refractivity contribution in [2.45, 2.75) is 20.8 Å². The predicted molar refractivity (Wildman–Crippen MR) is 96.9 cm³/mol. The normalized spacial score (nSPS) is 12.0. The molecule has 2 heterocycles. The van der Waals surface area contributed by atoms with Crippen LogP contribution < -0.4 is 20.6 Å². The maximum atomic E-state index is 12.4. The van der Waals surface area contributed by atoms with E-state index in [0.717, 1.165) is 24.3 Å². The van der Waals surface area contributed by atoms with E-state index < -0.39 is 5.56 Å². The van der Waals surface area contributed by atoms with Crippen LogP contribution >= 0.6 is 11.3 Å². The zero-order valence-corrected chi connectivity index (χ0v) is 14.6. The highest BCUT2D eigenvalue weighted by Gasteiger charge is 2.08. The molecule has 6 nitrogen and oxygen atoms in total. The maximum absolute atomic E-state index is 12.4. The maximum Gasteiger partial charge on any atom is 0.295 e. The van der Waals surface area contributed by atoms with Crippen molar-refractivity contribution in [3.05, 3.63) is 60.8 Å². The Hall–Kier alpha value is -2.54. The third-order valence-corrected chi connectivity index (χ3v) is 4.82. The molecule has 124 valence electrons. The largest absolute Gasteiger partial charge is 0.372 e. The number of thiazole rings is 1. The minimum absolute atomic E-state index is 0.220. The van der Waals surface area contributed by atoms with E-state index in [1.54, 1.807) is 13.0 Å². The van der Waals surface area contributed by atoms with Gasteiger partial charge in [-0.3, -0.25) is 9.59 Å². The summed E-state index contributed by atoms with van der Waals surface area (Å²) in [5, 5.41) is 4.01. The van der Waals surface area contributed by atoms with Gasteiger partial charge in [-0.05, 0) is 44.5 Å². The monoisotopic (exact) mass is 342 g/mol. The third-order valence-electron chi connectivity index (χ3n) is 3.86. The van der Waals surface area contributed by atoms with E-state index in [-0.39, 0.29) is 11.3 Å². The summed E-state index contributed by atoms with van der Waals surface area (Å²) in [6.45, 7) is 7.69. The second kappa shape index (κ2) is 6.52. The fourth-order valence-electron chi connectivity index (χ4n) is 2.51. The number of anilines is 1. The van der Waals surface area contributed by atoms with Gasteiger partial charge in [-0.1, -0.05) is 23.5 Å². The van der Waals surface area contributed by atoms with Gasteiger partial charge >= 0.3 is 0 Å². The summed E-state index contributed by atoms with van der Waals surface area (Å²) in [7, 11) is 0. The minimum atomic E-state index is -0.397. The van der Waals surface area contributed by atoms with Crippen LogP contribution in [-0.2, 0) is 0 Å². The Labute approximate surface area is 142 Å². The fourth-order valence-corrected chi connectivity index (χ4v) is 3.41. The molecule has 0 amide bonds. The van der Waals surface area contributed by atoms with Crippen molar-refractivity contribution in [2.24, 2.45) is 0 Å². The van der Waals surface area contributed by atoms with Gasteiger partial charge in [0.05, 0.1) is 4.53 Å². The smallest absolute Gasteiger partial charge is 0.295 e. The van der Waals surface area contributed by atoms with Gasteiger partial charge in [-0.2, -0.15) is 14.6 Å². The van der Waals surface area contributed by atoms with Crippen LogP contribution in [0.1, 0.15) is 25.1 Å². The molecule has 0 aliphatic rings. The Kier molecular flexibility index (Phi) is 4.44. The molecule has 24 heavy (non-hydrogen) atoms. The molecule has 0 atom stereocenters. The van der Waals surface area contributed by atoms with Crippen molar-refractivity contribution in [1.29, 1.82) is 0 Å². The first-order valence-corrected chi connectivity index (χ1v) is 8.62. The molecule has 3 aromatic rings. The quantitative estimate of drug-likeness (QED) is 0.713. The zero-order chi connectivity index (χ0) is 17.3. The Morgan fingerprint density at radius 3 is 2.46 bits per heavy atom. The van der Waals surface area contributed by atoms with E-state index in [1.165, 1.54) is 15.9 Å². The lowest BCUT2D eigenvalue weighted by Crippen LogP contribution is -2.27. The van der Waals surface area contributed by atoms with Crippen molar-refractivity contribution in [3.63, 3.8) is 0 Å². The molecule has 0 spiro atoms. The molecule has 0 aliphatic carbocycles. The Morgan fingerprint density at radius 1 is 1.17 bits per heavy atom. The summed E-state index contributed by atoms with van der Waals surface area (Å²) in [5.41, 5.74) is 1.65. The Morgan fingerprint density at radius 2 is 1.83 bits per heavy atom. The second-order valence-corrected chi connectivity index (χ2v) is 6.39. The highest BCUT2D eigenvalue weighted by Crippen LogP contribution is 2.15. The lowest BCUT2D eigenvalue weighted by atomic mass is 10.2. The first-order valence-electron chi connectivity index (χ1n) is 7.80.